The van der Waals surface area contributed by atoms with Gasteiger partial charge in [0.1, 0.15) is 0 Å². The number of fused-ring (bicyclic) bond motifs is 5. The number of ketones is 1. The van der Waals surface area contributed by atoms with Gasteiger partial charge in [0.15, 0.2) is 5.78 Å². The Hall–Kier alpha value is -1.89. The van der Waals surface area contributed by atoms with Crippen LogP contribution in [0.5, 0.6) is 0 Å². The van der Waals surface area contributed by atoms with E-state index in [0.717, 1.165) is 18.4 Å². The van der Waals surface area contributed by atoms with Crippen LogP contribution in [0.3, 0.4) is 0 Å². The molecule has 0 heterocycles. The second-order valence-electron chi connectivity index (χ2n) is 6.17. The molecular formula is C19H18O. The summed E-state index contributed by atoms with van der Waals surface area (Å²) >= 11 is 0. The van der Waals surface area contributed by atoms with E-state index < -0.39 is 0 Å². The molecule has 0 saturated heterocycles. The molecule has 2 aromatic rings. The van der Waals surface area contributed by atoms with Crippen LogP contribution in [-0.2, 0) is 6.42 Å². The fraction of sp³-hybridized carbons (Fsp3) is 0.316. The first-order valence-electron chi connectivity index (χ1n) is 7.40. The monoisotopic (exact) mass is 262 g/mol. The Kier molecular flexibility index (Phi) is 2.41. The Labute approximate surface area is 119 Å². The maximum absolute atomic E-state index is 12.6. The van der Waals surface area contributed by atoms with Crippen LogP contribution in [0.2, 0.25) is 0 Å². The van der Waals surface area contributed by atoms with E-state index >= 15 is 0 Å². The van der Waals surface area contributed by atoms with E-state index in [4.69, 9.17) is 0 Å². The minimum Gasteiger partial charge on any atom is -0.294 e. The fourth-order valence-electron chi connectivity index (χ4n) is 4.17. The first-order valence-corrected chi connectivity index (χ1v) is 7.40. The van der Waals surface area contributed by atoms with Gasteiger partial charge in [-0.2, -0.15) is 0 Å². The number of hydrogen-bond acceptors (Lipinski definition) is 1. The summed E-state index contributed by atoms with van der Waals surface area (Å²) in [5.41, 5.74) is 7.83. The summed E-state index contributed by atoms with van der Waals surface area (Å²) in [5, 5.41) is 0. The average Bonchev–Trinajstić information content (AvgIpc) is 2.77. The normalized spacial score (nSPS) is 23.2. The van der Waals surface area contributed by atoms with Crippen molar-refractivity contribution in [2.75, 3.05) is 0 Å². The third kappa shape index (κ3) is 1.41. The maximum atomic E-state index is 12.6. The van der Waals surface area contributed by atoms with E-state index in [0.29, 0.717) is 11.7 Å². The van der Waals surface area contributed by atoms with Crippen LogP contribution in [0.1, 0.15) is 50.5 Å². The van der Waals surface area contributed by atoms with Crippen molar-refractivity contribution in [2.45, 2.75) is 32.6 Å². The number of aryl methyl sites for hydroxylation is 2. The lowest BCUT2D eigenvalue weighted by atomic mass is 9.72. The smallest absolute Gasteiger partial charge is 0.167 e. The van der Waals surface area contributed by atoms with Gasteiger partial charge < -0.3 is 0 Å². The average molecular weight is 262 g/mol. The molecule has 4 rings (SSSR count). The second-order valence-corrected chi connectivity index (χ2v) is 6.17. The van der Waals surface area contributed by atoms with Gasteiger partial charge in [0.05, 0.1) is 0 Å². The number of carbonyl (C=O) groups excluding carboxylic acids is 1. The highest BCUT2D eigenvalue weighted by Gasteiger charge is 2.43. The summed E-state index contributed by atoms with van der Waals surface area (Å²) in [7, 11) is 0. The molecule has 100 valence electrons. The molecule has 0 radical (unpaired) electrons. The van der Waals surface area contributed by atoms with Crippen LogP contribution in [0.25, 0.3) is 0 Å². The van der Waals surface area contributed by atoms with E-state index in [2.05, 4.69) is 38.1 Å². The van der Waals surface area contributed by atoms with Gasteiger partial charge in [-0.05, 0) is 54.5 Å². The number of hydrogen-bond donors (Lipinski definition) is 0. The quantitative estimate of drug-likeness (QED) is 0.695. The summed E-state index contributed by atoms with van der Waals surface area (Å²) in [6.07, 6.45) is 2.04. The Balaban J connectivity index is 2.01. The predicted molar refractivity (Wildman–Crippen MR) is 80.3 cm³/mol. The molecule has 0 amide bonds. The molecule has 2 atom stereocenters. The molecule has 0 aliphatic heterocycles. The summed E-state index contributed by atoms with van der Waals surface area (Å²) in [6, 6.07) is 12.6. The van der Waals surface area contributed by atoms with E-state index in [1.54, 1.807) is 0 Å². The van der Waals surface area contributed by atoms with Gasteiger partial charge in [0.2, 0.25) is 0 Å². The lowest BCUT2D eigenvalue weighted by molar-refractivity contribution is 0.0919. The molecule has 1 nitrogen and oxygen atoms in total. The lowest BCUT2D eigenvalue weighted by Gasteiger charge is -2.30. The van der Waals surface area contributed by atoms with Crippen LogP contribution in [0.15, 0.2) is 36.4 Å². The summed E-state index contributed by atoms with van der Waals surface area (Å²) in [4.78, 5) is 12.6. The van der Waals surface area contributed by atoms with Crippen LogP contribution < -0.4 is 0 Å². The molecule has 2 aromatic carbocycles. The molecule has 0 spiro atoms. The summed E-state index contributed by atoms with van der Waals surface area (Å²) in [6.45, 7) is 4.38. The minimum atomic E-state index is 0.167. The van der Waals surface area contributed by atoms with Gasteiger partial charge in [-0.3, -0.25) is 4.79 Å². The van der Waals surface area contributed by atoms with Crippen molar-refractivity contribution < 1.29 is 4.79 Å². The number of Topliss-reactive ketones (excluding diaryl/α,β-unsaturated/α-hetero) is 1. The van der Waals surface area contributed by atoms with Gasteiger partial charge in [-0.15, -0.1) is 0 Å². The Morgan fingerprint density at radius 3 is 2.60 bits per heavy atom. The van der Waals surface area contributed by atoms with Crippen molar-refractivity contribution in [3.8, 4) is 0 Å². The van der Waals surface area contributed by atoms with Crippen molar-refractivity contribution in [3.05, 3.63) is 69.8 Å². The predicted octanol–water partition coefficient (Wildman–Crippen LogP) is 4.19. The van der Waals surface area contributed by atoms with Crippen molar-refractivity contribution in [3.63, 3.8) is 0 Å². The Bertz CT molecular complexity index is 727. The van der Waals surface area contributed by atoms with Crippen LogP contribution in [-0.4, -0.2) is 5.78 Å². The molecule has 0 unspecified atom stereocenters. The highest BCUT2D eigenvalue weighted by Crippen LogP contribution is 2.49. The van der Waals surface area contributed by atoms with Gasteiger partial charge in [0.25, 0.3) is 0 Å². The highest BCUT2D eigenvalue weighted by molar-refractivity contribution is 6.04. The molecule has 2 aliphatic carbocycles. The molecule has 0 bridgehead atoms. The fourth-order valence-corrected chi connectivity index (χ4v) is 4.17. The molecule has 0 N–H and O–H groups in total. The Morgan fingerprint density at radius 2 is 1.75 bits per heavy atom. The van der Waals surface area contributed by atoms with Gasteiger partial charge in [-0.1, -0.05) is 36.4 Å². The topological polar surface area (TPSA) is 17.1 Å². The summed E-state index contributed by atoms with van der Waals surface area (Å²) < 4.78 is 0. The van der Waals surface area contributed by atoms with Crippen molar-refractivity contribution in [1.29, 1.82) is 0 Å². The van der Waals surface area contributed by atoms with Crippen molar-refractivity contribution in [1.82, 2.24) is 0 Å². The van der Waals surface area contributed by atoms with E-state index in [-0.39, 0.29) is 5.92 Å². The maximum Gasteiger partial charge on any atom is 0.167 e. The highest BCUT2D eigenvalue weighted by atomic mass is 16.1. The molecule has 2 aliphatic rings. The zero-order valence-corrected chi connectivity index (χ0v) is 11.9. The number of rotatable bonds is 0. The third-order valence-electron chi connectivity index (χ3n) is 5.13. The third-order valence-corrected chi connectivity index (χ3v) is 5.13. The van der Waals surface area contributed by atoms with Crippen molar-refractivity contribution >= 4 is 5.78 Å². The minimum absolute atomic E-state index is 0.167. The van der Waals surface area contributed by atoms with Crippen LogP contribution in [0.4, 0.5) is 0 Å². The lowest BCUT2D eigenvalue weighted by Crippen LogP contribution is -2.23. The number of carbonyl (C=O) groups is 1. The van der Waals surface area contributed by atoms with Gasteiger partial charge >= 0.3 is 0 Å². The molecular weight excluding hydrogens is 244 g/mol. The molecule has 0 fully saturated rings. The number of benzene rings is 2. The van der Waals surface area contributed by atoms with E-state index in [1.807, 2.05) is 12.1 Å². The molecule has 1 heteroatoms. The SMILES string of the molecule is Cc1ccc(C)c2c1CC[C@@H]1C(=O)c3ccccc3[C@H]21. The van der Waals surface area contributed by atoms with Crippen LogP contribution in [0, 0.1) is 19.8 Å². The zero-order chi connectivity index (χ0) is 13.9. The summed E-state index contributed by atoms with van der Waals surface area (Å²) in [5.74, 6) is 0.819. The second kappa shape index (κ2) is 4.05. The molecule has 0 aromatic heterocycles. The van der Waals surface area contributed by atoms with E-state index in [9.17, 15) is 4.79 Å². The van der Waals surface area contributed by atoms with Crippen molar-refractivity contribution in [2.24, 2.45) is 5.92 Å². The van der Waals surface area contributed by atoms with Gasteiger partial charge in [-0.25, -0.2) is 0 Å². The zero-order valence-electron chi connectivity index (χ0n) is 11.9. The van der Waals surface area contributed by atoms with Crippen LogP contribution >= 0.6 is 0 Å². The van der Waals surface area contributed by atoms with E-state index in [1.165, 1.54) is 27.8 Å². The standard InChI is InChI=1S/C19H18O/c1-11-7-8-12(2)17-13(11)9-10-16-18(17)14-5-3-4-6-15(14)19(16)20/h3-8,16,18H,9-10H2,1-2H3/t16-,18-/m0/s1. The van der Waals surface area contributed by atoms with Gasteiger partial charge in [0, 0.05) is 17.4 Å². The Morgan fingerprint density at radius 1 is 1.00 bits per heavy atom. The first kappa shape index (κ1) is 11.9. The first-order chi connectivity index (χ1) is 9.68. The largest absolute Gasteiger partial charge is 0.294 e. The molecule has 20 heavy (non-hydrogen) atoms. The molecule has 0 saturated carbocycles.